The summed E-state index contributed by atoms with van der Waals surface area (Å²) in [6, 6.07) is 6.50. The van der Waals surface area contributed by atoms with Crippen LogP contribution in [-0.4, -0.2) is 23.5 Å². The molecule has 3 rings (SSSR count). The quantitative estimate of drug-likeness (QED) is 0.919. The molecule has 0 saturated heterocycles. The van der Waals surface area contributed by atoms with Crippen molar-refractivity contribution in [3.63, 3.8) is 0 Å². The average molecular weight is 292 g/mol. The van der Waals surface area contributed by atoms with E-state index < -0.39 is 0 Å². The minimum Gasteiger partial charge on any atom is -0.383 e. The van der Waals surface area contributed by atoms with Gasteiger partial charge in [-0.1, -0.05) is 17.7 Å². The van der Waals surface area contributed by atoms with Gasteiger partial charge in [-0.25, -0.2) is 0 Å². The largest absolute Gasteiger partial charge is 0.383 e. The number of halogens is 1. The van der Waals surface area contributed by atoms with Crippen molar-refractivity contribution in [2.24, 2.45) is 0 Å². The zero-order valence-electron chi connectivity index (χ0n) is 11.5. The van der Waals surface area contributed by atoms with Gasteiger partial charge in [0, 0.05) is 18.3 Å². The highest BCUT2D eigenvalue weighted by Crippen LogP contribution is 2.35. The Labute approximate surface area is 123 Å². The van der Waals surface area contributed by atoms with E-state index in [1.807, 2.05) is 23.1 Å². The minimum atomic E-state index is 0.349. The predicted molar refractivity (Wildman–Crippen MR) is 80.2 cm³/mol. The molecule has 2 aromatic rings. The lowest BCUT2D eigenvalue weighted by Gasteiger charge is -2.13. The van der Waals surface area contributed by atoms with Gasteiger partial charge in [-0.15, -0.1) is 0 Å². The van der Waals surface area contributed by atoms with Crippen LogP contribution in [0, 0.1) is 0 Å². The van der Waals surface area contributed by atoms with Gasteiger partial charge in [-0.3, -0.25) is 4.68 Å². The molecule has 1 atom stereocenters. The number of aryl methyl sites for hydroxylation is 1. The Balaban J connectivity index is 1.69. The fraction of sp³-hybridized carbons (Fsp3) is 0.400. The Morgan fingerprint density at radius 2 is 2.40 bits per heavy atom. The Hall–Kier alpha value is -1.52. The van der Waals surface area contributed by atoms with Crippen LogP contribution in [0.2, 0.25) is 5.02 Å². The number of anilines is 1. The molecule has 0 amide bonds. The van der Waals surface area contributed by atoms with Crippen LogP contribution < -0.4 is 5.32 Å². The molecule has 1 unspecified atom stereocenters. The topological polar surface area (TPSA) is 39.1 Å². The second kappa shape index (κ2) is 5.85. The van der Waals surface area contributed by atoms with Crippen LogP contribution in [0.25, 0.3) is 0 Å². The SMILES string of the molecule is COCCn1cc(NC2CCc3cc(Cl)ccc32)cn1. The monoisotopic (exact) mass is 291 g/mol. The van der Waals surface area contributed by atoms with Crippen LogP contribution in [0.3, 0.4) is 0 Å². The van der Waals surface area contributed by atoms with Gasteiger partial charge >= 0.3 is 0 Å². The van der Waals surface area contributed by atoms with E-state index in [2.05, 4.69) is 22.5 Å². The molecule has 0 fully saturated rings. The molecule has 1 aromatic heterocycles. The molecule has 1 aromatic carbocycles. The van der Waals surface area contributed by atoms with Crippen LogP contribution >= 0.6 is 11.6 Å². The van der Waals surface area contributed by atoms with E-state index in [0.717, 1.165) is 30.1 Å². The first kappa shape index (κ1) is 13.5. The van der Waals surface area contributed by atoms with E-state index in [1.165, 1.54) is 11.1 Å². The van der Waals surface area contributed by atoms with Crippen molar-refractivity contribution in [1.82, 2.24) is 9.78 Å². The maximum Gasteiger partial charge on any atom is 0.0731 e. The van der Waals surface area contributed by atoms with Gasteiger partial charge in [0.1, 0.15) is 0 Å². The van der Waals surface area contributed by atoms with E-state index in [0.29, 0.717) is 12.6 Å². The molecule has 1 N–H and O–H groups in total. The lowest BCUT2D eigenvalue weighted by molar-refractivity contribution is 0.183. The molecule has 0 bridgehead atoms. The van der Waals surface area contributed by atoms with Crippen molar-refractivity contribution in [2.45, 2.75) is 25.4 Å². The molecule has 0 spiro atoms. The summed E-state index contributed by atoms with van der Waals surface area (Å²) >= 11 is 6.04. The molecule has 0 saturated carbocycles. The number of rotatable bonds is 5. The predicted octanol–water partition coefficient (Wildman–Crippen LogP) is 3.28. The lowest BCUT2D eigenvalue weighted by atomic mass is 10.1. The Morgan fingerprint density at radius 1 is 1.50 bits per heavy atom. The van der Waals surface area contributed by atoms with Gasteiger partial charge in [0.15, 0.2) is 0 Å². The lowest BCUT2D eigenvalue weighted by Crippen LogP contribution is -2.07. The van der Waals surface area contributed by atoms with Gasteiger partial charge in [0.2, 0.25) is 0 Å². The Bertz CT molecular complexity index is 597. The van der Waals surface area contributed by atoms with Crippen molar-refractivity contribution >= 4 is 17.3 Å². The zero-order valence-corrected chi connectivity index (χ0v) is 12.2. The second-order valence-corrected chi connectivity index (χ2v) is 5.50. The first-order chi connectivity index (χ1) is 9.76. The molecule has 20 heavy (non-hydrogen) atoms. The number of hydrogen-bond donors (Lipinski definition) is 1. The van der Waals surface area contributed by atoms with Crippen molar-refractivity contribution < 1.29 is 4.74 Å². The number of hydrogen-bond acceptors (Lipinski definition) is 3. The van der Waals surface area contributed by atoms with Gasteiger partial charge in [0.25, 0.3) is 0 Å². The number of fused-ring (bicyclic) bond motifs is 1. The first-order valence-electron chi connectivity index (χ1n) is 6.82. The Kier molecular flexibility index (Phi) is 3.94. The summed E-state index contributed by atoms with van der Waals surface area (Å²) < 4.78 is 6.94. The molecule has 5 heteroatoms. The molecule has 1 heterocycles. The van der Waals surface area contributed by atoms with Crippen molar-refractivity contribution in [1.29, 1.82) is 0 Å². The van der Waals surface area contributed by atoms with Crippen LogP contribution in [0.15, 0.2) is 30.6 Å². The van der Waals surface area contributed by atoms with E-state index in [4.69, 9.17) is 16.3 Å². The van der Waals surface area contributed by atoms with E-state index in [-0.39, 0.29) is 0 Å². The third-order valence-electron chi connectivity index (χ3n) is 3.68. The molecule has 4 nitrogen and oxygen atoms in total. The summed E-state index contributed by atoms with van der Waals surface area (Å²) in [6.45, 7) is 1.45. The van der Waals surface area contributed by atoms with Gasteiger partial charge in [0.05, 0.1) is 31.1 Å². The highest BCUT2D eigenvalue weighted by Gasteiger charge is 2.22. The van der Waals surface area contributed by atoms with Crippen LogP contribution in [0.4, 0.5) is 5.69 Å². The van der Waals surface area contributed by atoms with Gasteiger partial charge in [-0.2, -0.15) is 5.10 Å². The standard InChI is InChI=1S/C15H18ClN3O/c1-20-7-6-19-10-13(9-17-19)18-15-5-2-11-8-12(16)3-4-14(11)15/h3-4,8-10,15,18H,2,5-7H2,1H3. The molecule has 1 aliphatic carbocycles. The number of ether oxygens (including phenoxy) is 1. The van der Waals surface area contributed by atoms with Crippen molar-refractivity contribution in [3.8, 4) is 0 Å². The fourth-order valence-electron chi connectivity index (χ4n) is 2.68. The summed E-state index contributed by atoms with van der Waals surface area (Å²) in [6.07, 6.45) is 6.06. The normalized spacial score (nSPS) is 17.2. The minimum absolute atomic E-state index is 0.349. The van der Waals surface area contributed by atoms with E-state index in [1.54, 1.807) is 7.11 Å². The fourth-order valence-corrected chi connectivity index (χ4v) is 2.88. The number of nitrogens with zero attached hydrogens (tertiary/aromatic N) is 2. The van der Waals surface area contributed by atoms with Crippen molar-refractivity contribution in [2.75, 3.05) is 19.0 Å². The summed E-state index contributed by atoms with van der Waals surface area (Å²) in [4.78, 5) is 0. The molecule has 0 radical (unpaired) electrons. The zero-order chi connectivity index (χ0) is 13.9. The van der Waals surface area contributed by atoms with E-state index >= 15 is 0 Å². The summed E-state index contributed by atoms with van der Waals surface area (Å²) in [5, 5.41) is 8.68. The summed E-state index contributed by atoms with van der Waals surface area (Å²) in [5.74, 6) is 0. The molecule has 0 aliphatic heterocycles. The van der Waals surface area contributed by atoms with E-state index in [9.17, 15) is 0 Å². The molecular weight excluding hydrogens is 274 g/mol. The second-order valence-electron chi connectivity index (χ2n) is 5.06. The maximum absolute atomic E-state index is 6.04. The first-order valence-corrected chi connectivity index (χ1v) is 7.20. The highest BCUT2D eigenvalue weighted by molar-refractivity contribution is 6.30. The number of nitrogens with one attached hydrogen (secondary N) is 1. The number of benzene rings is 1. The Morgan fingerprint density at radius 3 is 3.25 bits per heavy atom. The number of methoxy groups -OCH3 is 1. The van der Waals surface area contributed by atoms with Gasteiger partial charge in [-0.05, 0) is 36.1 Å². The number of aromatic nitrogens is 2. The molecular formula is C15H18ClN3O. The van der Waals surface area contributed by atoms with Crippen LogP contribution in [0.1, 0.15) is 23.6 Å². The third kappa shape index (κ3) is 2.81. The third-order valence-corrected chi connectivity index (χ3v) is 3.92. The summed E-state index contributed by atoms with van der Waals surface area (Å²) in [7, 11) is 1.70. The van der Waals surface area contributed by atoms with Gasteiger partial charge < -0.3 is 10.1 Å². The average Bonchev–Trinajstić information content (AvgIpc) is 3.04. The van der Waals surface area contributed by atoms with Crippen molar-refractivity contribution in [3.05, 3.63) is 46.7 Å². The van der Waals surface area contributed by atoms with Crippen LogP contribution in [0.5, 0.6) is 0 Å². The maximum atomic E-state index is 6.04. The highest BCUT2D eigenvalue weighted by atomic mass is 35.5. The summed E-state index contributed by atoms with van der Waals surface area (Å²) in [5.41, 5.74) is 3.75. The smallest absolute Gasteiger partial charge is 0.0731 e. The molecule has 1 aliphatic rings. The van der Waals surface area contributed by atoms with Crippen LogP contribution in [-0.2, 0) is 17.7 Å². The molecule has 106 valence electrons.